The lowest BCUT2D eigenvalue weighted by Crippen LogP contribution is -2.48. The van der Waals surface area contributed by atoms with Crippen molar-refractivity contribution in [1.29, 1.82) is 0 Å². The summed E-state index contributed by atoms with van der Waals surface area (Å²) in [4.78, 5) is 0. The fourth-order valence-electron chi connectivity index (χ4n) is 2.36. The van der Waals surface area contributed by atoms with Gasteiger partial charge in [0, 0.05) is 0 Å². The topological polar surface area (TPSA) is 27.7 Å². The Hall–Kier alpha value is -0.0982. The van der Waals surface area contributed by atoms with E-state index < -0.39 is 8.32 Å². The van der Waals surface area contributed by atoms with Crippen molar-refractivity contribution in [3.05, 3.63) is 12.1 Å². The van der Waals surface area contributed by atoms with Crippen molar-refractivity contribution in [3.63, 3.8) is 0 Å². The molecule has 1 aliphatic heterocycles. The van der Waals surface area contributed by atoms with Crippen molar-refractivity contribution >= 4 is 15.4 Å². The first-order valence-electron chi connectivity index (χ1n) is 8.39. The van der Waals surface area contributed by atoms with Crippen molar-refractivity contribution in [3.8, 4) is 0 Å². The van der Waals surface area contributed by atoms with Crippen molar-refractivity contribution in [2.45, 2.75) is 84.7 Å². The molecular formula is C17H35BO3Si. The van der Waals surface area contributed by atoms with E-state index in [1.54, 1.807) is 0 Å². The van der Waals surface area contributed by atoms with Crippen LogP contribution in [0.3, 0.4) is 0 Å². The second-order valence-electron chi connectivity index (χ2n) is 8.88. The molecule has 1 unspecified atom stereocenters. The van der Waals surface area contributed by atoms with E-state index in [2.05, 4.69) is 68.5 Å². The van der Waals surface area contributed by atoms with Gasteiger partial charge in [-0.05, 0) is 44.8 Å². The van der Waals surface area contributed by atoms with Crippen LogP contribution in [0.15, 0.2) is 12.1 Å². The molecule has 0 bridgehead atoms. The summed E-state index contributed by atoms with van der Waals surface area (Å²) in [5, 5.41) is 0.236. The molecule has 1 saturated heterocycles. The number of hydrogen-bond acceptors (Lipinski definition) is 3. The van der Waals surface area contributed by atoms with E-state index in [0.29, 0.717) is 12.5 Å². The molecule has 0 spiro atoms. The minimum absolute atomic E-state index is 0.236. The first-order chi connectivity index (χ1) is 9.73. The van der Waals surface area contributed by atoms with Crippen LogP contribution >= 0.6 is 0 Å². The highest BCUT2D eigenvalue weighted by Gasteiger charge is 2.54. The molecule has 1 heterocycles. The Morgan fingerprint density at radius 1 is 1.14 bits per heavy atom. The summed E-state index contributed by atoms with van der Waals surface area (Å²) in [7, 11) is -1.98. The van der Waals surface area contributed by atoms with Crippen LogP contribution in [0.1, 0.15) is 55.4 Å². The quantitative estimate of drug-likeness (QED) is 0.677. The Kier molecular flexibility index (Phi) is 5.82. The van der Waals surface area contributed by atoms with E-state index in [-0.39, 0.29) is 23.4 Å². The molecule has 3 nitrogen and oxygen atoms in total. The van der Waals surface area contributed by atoms with Gasteiger partial charge in [-0.25, -0.2) is 0 Å². The average molecular weight is 326 g/mol. The molecule has 22 heavy (non-hydrogen) atoms. The maximum atomic E-state index is 6.17. The highest BCUT2D eigenvalue weighted by Crippen LogP contribution is 2.42. The summed E-state index contributed by atoms with van der Waals surface area (Å²) in [5.74, 6) is 2.38. The Morgan fingerprint density at radius 2 is 1.68 bits per heavy atom. The molecule has 0 amide bonds. The molecule has 0 aromatic rings. The molecule has 128 valence electrons. The molecule has 5 heteroatoms. The van der Waals surface area contributed by atoms with Crippen LogP contribution in [0.2, 0.25) is 18.1 Å². The summed E-state index contributed by atoms with van der Waals surface area (Å²) in [6.07, 6.45) is 2.04. The third kappa shape index (κ3) is 4.05. The zero-order valence-corrected chi connectivity index (χ0v) is 17.2. The standard InChI is InChI=1S/C17H35BO3Si/c1-14(2)17(8)16(6,7)20-18(21-17)12-11-13-19-22(9,10)15(3,4)5/h11-12,14H,13H2,1-10H3/b12-11+. The molecule has 1 fully saturated rings. The van der Waals surface area contributed by atoms with E-state index in [0.717, 1.165) is 0 Å². The summed E-state index contributed by atoms with van der Waals surface area (Å²) < 4.78 is 18.4. The average Bonchev–Trinajstić information content (AvgIpc) is 2.55. The smallest absolute Gasteiger partial charge is 0.413 e. The summed E-state index contributed by atoms with van der Waals surface area (Å²) in [6, 6.07) is 0. The fraction of sp³-hybridized carbons (Fsp3) is 0.882. The molecule has 0 radical (unpaired) electrons. The van der Waals surface area contributed by atoms with Gasteiger partial charge in [0.1, 0.15) is 0 Å². The van der Waals surface area contributed by atoms with Gasteiger partial charge in [0.15, 0.2) is 8.32 Å². The largest absolute Gasteiger partial charge is 0.486 e. The summed E-state index contributed by atoms with van der Waals surface area (Å²) in [6.45, 7) is 22.6. The zero-order chi connectivity index (χ0) is 17.4. The van der Waals surface area contributed by atoms with Gasteiger partial charge < -0.3 is 13.7 Å². The van der Waals surface area contributed by atoms with Gasteiger partial charge in [0.2, 0.25) is 0 Å². The van der Waals surface area contributed by atoms with Gasteiger partial charge in [0.05, 0.1) is 17.8 Å². The third-order valence-electron chi connectivity index (χ3n) is 5.71. The van der Waals surface area contributed by atoms with Crippen molar-refractivity contribution in [1.82, 2.24) is 0 Å². The summed E-state index contributed by atoms with van der Waals surface area (Å²) >= 11 is 0. The Morgan fingerprint density at radius 3 is 2.09 bits per heavy atom. The number of rotatable bonds is 5. The lowest BCUT2D eigenvalue weighted by atomic mass is 9.79. The predicted molar refractivity (Wildman–Crippen MR) is 97.5 cm³/mol. The van der Waals surface area contributed by atoms with Gasteiger partial charge >= 0.3 is 7.12 Å². The van der Waals surface area contributed by atoms with Gasteiger partial charge in [-0.3, -0.25) is 0 Å². The molecule has 0 saturated carbocycles. The SMILES string of the molecule is CC(C)C1(C)OB(/C=C/CO[Si](C)(C)C(C)(C)C)OC1(C)C. The van der Waals surface area contributed by atoms with E-state index in [1.807, 2.05) is 12.1 Å². The first-order valence-corrected chi connectivity index (χ1v) is 11.3. The van der Waals surface area contributed by atoms with Crippen LogP contribution in [0, 0.1) is 5.92 Å². The van der Waals surface area contributed by atoms with E-state index in [4.69, 9.17) is 13.7 Å². The van der Waals surface area contributed by atoms with Crippen LogP contribution in [0.5, 0.6) is 0 Å². The zero-order valence-electron chi connectivity index (χ0n) is 16.2. The Labute approximate surface area is 139 Å². The maximum Gasteiger partial charge on any atom is 0.486 e. The van der Waals surface area contributed by atoms with Gasteiger partial charge in [-0.1, -0.05) is 46.7 Å². The van der Waals surface area contributed by atoms with Crippen LogP contribution in [0.25, 0.3) is 0 Å². The van der Waals surface area contributed by atoms with Crippen molar-refractivity contribution in [2.24, 2.45) is 5.92 Å². The van der Waals surface area contributed by atoms with Crippen LogP contribution in [0.4, 0.5) is 0 Å². The minimum Gasteiger partial charge on any atom is -0.413 e. The molecule has 1 rings (SSSR count). The molecule has 0 aliphatic carbocycles. The lowest BCUT2D eigenvalue weighted by Gasteiger charge is -2.39. The van der Waals surface area contributed by atoms with E-state index in [9.17, 15) is 0 Å². The predicted octanol–water partition coefficient (Wildman–Crippen LogP) is 4.83. The molecule has 0 aromatic heterocycles. The van der Waals surface area contributed by atoms with E-state index in [1.165, 1.54) is 0 Å². The second kappa shape index (κ2) is 6.42. The monoisotopic (exact) mass is 326 g/mol. The number of hydrogen-bond donors (Lipinski definition) is 0. The second-order valence-corrected chi connectivity index (χ2v) is 13.7. The molecule has 1 atom stereocenters. The Bertz CT molecular complexity index is 413. The molecular weight excluding hydrogens is 291 g/mol. The maximum absolute atomic E-state index is 6.17. The van der Waals surface area contributed by atoms with Gasteiger partial charge in [-0.15, -0.1) is 0 Å². The lowest BCUT2D eigenvalue weighted by molar-refractivity contribution is -0.0435. The highest BCUT2D eigenvalue weighted by molar-refractivity contribution is 6.74. The van der Waals surface area contributed by atoms with Crippen LogP contribution < -0.4 is 0 Å². The molecule has 0 N–H and O–H groups in total. The van der Waals surface area contributed by atoms with Crippen LogP contribution in [-0.4, -0.2) is 33.2 Å². The molecule has 0 aromatic carbocycles. The highest BCUT2D eigenvalue weighted by atomic mass is 28.4. The van der Waals surface area contributed by atoms with Gasteiger partial charge in [0.25, 0.3) is 0 Å². The van der Waals surface area contributed by atoms with E-state index >= 15 is 0 Å². The van der Waals surface area contributed by atoms with Crippen molar-refractivity contribution in [2.75, 3.05) is 6.61 Å². The summed E-state index contributed by atoms with van der Waals surface area (Å²) in [5.41, 5.74) is -0.571. The van der Waals surface area contributed by atoms with Gasteiger partial charge in [-0.2, -0.15) is 0 Å². The van der Waals surface area contributed by atoms with Crippen LogP contribution in [-0.2, 0) is 13.7 Å². The third-order valence-corrected chi connectivity index (χ3v) is 10.2. The van der Waals surface area contributed by atoms with Crippen molar-refractivity contribution < 1.29 is 13.7 Å². The first kappa shape index (κ1) is 19.9. The fourth-order valence-corrected chi connectivity index (χ4v) is 3.31. The normalized spacial score (nSPS) is 26.4. The Balaban J connectivity index is 2.60. The minimum atomic E-state index is -1.69. The molecule has 1 aliphatic rings.